The smallest absolute Gasteiger partial charge is 0.131 e. The number of rotatable bonds is 3. The molecule has 0 aliphatic heterocycles. The maximum absolute atomic E-state index is 9.35. The van der Waals surface area contributed by atoms with Crippen LogP contribution >= 0.6 is 15.9 Å². The second kappa shape index (κ2) is 4.93. The van der Waals surface area contributed by atoms with Gasteiger partial charge in [0.15, 0.2) is 0 Å². The highest BCUT2D eigenvalue weighted by atomic mass is 79.9. The van der Waals surface area contributed by atoms with Crippen LogP contribution < -0.4 is 0 Å². The molecule has 0 bridgehead atoms. The summed E-state index contributed by atoms with van der Waals surface area (Å²) in [5.41, 5.74) is 1.28. The van der Waals surface area contributed by atoms with Crippen molar-refractivity contribution >= 4 is 15.9 Å². The van der Waals surface area contributed by atoms with Crippen molar-refractivity contribution in [2.45, 2.75) is 26.4 Å². The summed E-state index contributed by atoms with van der Waals surface area (Å²) in [5.74, 6) is 0.961. The lowest BCUT2D eigenvalue weighted by molar-refractivity contribution is 0.275. The molecule has 1 N–H and O–H groups in total. The summed E-state index contributed by atoms with van der Waals surface area (Å²) in [7, 11) is 0. The normalized spacial score (nSPS) is 11.1. The Hall–Kier alpha value is -1.27. The van der Waals surface area contributed by atoms with Gasteiger partial charge in [-0.15, -0.1) is 0 Å². The molecule has 2 aromatic rings. The number of hydrogen-bond acceptors (Lipinski definition) is 4. The Labute approximate surface area is 108 Å². The summed E-state index contributed by atoms with van der Waals surface area (Å²) < 4.78 is 2.51. The van der Waals surface area contributed by atoms with Crippen LogP contribution in [0.15, 0.2) is 23.1 Å². The first-order valence-electron chi connectivity index (χ1n) is 5.29. The van der Waals surface area contributed by atoms with E-state index in [2.05, 4.69) is 31.0 Å². The summed E-state index contributed by atoms with van der Waals surface area (Å²) in [5, 5.41) is 13.5. The standard InChI is InChI=1S/C11H13BrN4O/c1-7(2)11-13-4-10(9(6-17)15-11)16-5-8(12)3-14-16/h3-5,7,17H,6H2,1-2H3. The quantitative estimate of drug-likeness (QED) is 0.941. The number of nitrogens with zero attached hydrogens (tertiary/aromatic N) is 4. The Bertz CT molecular complexity index is 524. The van der Waals surface area contributed by atoms with Gasteiger partial charge in [0.2, 0.25) is 0 Å². The summed E-state index contributed by atoms with van der Waals surface area (Å²) >= 11 is 3.33. The summed E-state index contributed by atoms with van der Waals surface area (Å²) in [6.07, 6.45) is 5.16. The van der Waals surface area contributed by atoms with E-state index in [9.17, 15) is 5.11 Å². The number of halogens is 1. The molecular weight excluding hydrogens is 284 g/mol. The number of aliphatic hydroxyl groups excluding tert-OH is 1. The van der Waals surface area contributed by atoms with E-state index < -0.39 is 0 Å². The molecule has 0 radical (unpaired) electrons. The second-order valence-corrected chi connectivity index (χ2v) is 4.89. The summed E-state index contributed by atoms with van der Waals surface area (Å²) in [6, 6.07) is 0. The molecular formula is C11H13BrN4O. The highest BCUT2D eigenvalue weighted by molar-refractivity contribution is 9.10. The fourth-order valence-corrected chi connectivity index (χ4v) is 1.73. The van der Waals surface area contributed by atoms with E-state index in [-0.39, 0.29) is 12.5 Å². The van der Waals surface area contributed by atoms with Gasteiger partial charge in [-0.3, -0.25) is 0 Å². The van der Waals surface area contributed by atoms with Crippen LogP contribution in [-0.2, 0) is 6.61 Å². The fraction of sp³-hybridized carbons (Fsp3) is 0.364. The molecule has 0 unspecified atom stereocenters. The average molecular weight is 297 g/mol. The molecule has 2 heterocycles. The van der Waals surface area contributed by atoms with Crippen molar-refractivity contribution in [1.29, 1.82) is 0 Å². The zero-order chi connectivity index (χ0) is 12.4. The van der Waals surface area contributed by atoms with Crippen LogP contribution in [-0.4, -0.2) is 24.9 Å². The van der Waals surface area contributed by atoms with Crippen LogP contribution in [0.5, 0.6) is 0 Å². The van der Waals surface area contributed by atoms with E-state index in [4.69, 9.17) is 0 Å². The Morgan fingerprint density at radius 3 is 2.71 bits per heavy atom. The maximum Gasteiger partial charge on any atom is 0.131 e. The van der Waals surface area contributed by atoms with Gasteiger partial charge >= 0.3 is 0 Å². The van der Waals surface area contributed by atoms with Crippen LogP contribution in [0.4, 0.5) is 0 Å². The number of aliphatic hydroxyl groups is 1. The van der Waals surface area contributed by atoms with Gasteiger partial charge in [-0.1, -0.05) is 13.8 Å². The van der Waals surface area contributed by atoms with Crippen molar-refractivity contribution in [3.63, 3.8) is 0 Å². The van der Waals surface area contributed by atoms with E-state index >= 15 is 0 Å². The van der Waals surface area contributed by atoms with Gasteiger partial charge in [-0.05, 0) is 15.9 Å². The zero-order valence-corrected chi connectivity index (χ0v) is 11.2. The molecule has 0 aromatic carbocycles. The van der Waals surface area contributed by atoms with Crippen LogP contribution in [0.1, 0.15) is 31.3 Å². The third kappa shape index (κ3) is 2.53. The average Bonchev–Trinajstić information content (AvgIpc) is 2.74. The molecule has 0 aliphatic rings. The molecule has 5 nitrogen and oxygen atoms in total. The Balaban J connectivity index is 2.48. The third-order valence-electron chi connectivity index (χ3n) is 2.33. The van der Waals surface area contributed by atoms with Crippen molar-refractivity contribution in [2.75, 3.05) is 0 Å². The van der Waals surface area contributed by atoms with Crippen molar-refractivity contribution in [3.05, 3.63) is 34.6 Å². The van der Waals surface area contributed by atoms with Gasteiger partial charge < -0.3 is 5.11 Å². The van der Waals surface area contributed by atoms with E-state index in [1.54, 1.807) is 23.3 Å². The van der Waals surface area contributed by atoms with E-state index in [0.717, 1.165) is 10.3 Å². The summed E-state index contributed by atoms with van der Waals surface area (Å²) in [4.78, 5) is 8.61. The first kappa shape index (κ1) is 12.2. The molecule has 90 valence electrons. The van der Waals surface area contributed by atoms with E-state index in [1.165, 1.54) is 0 Å². The molecule has 0 saturated heterocycles. The Kier molecular flexibility index (Phi) is 3.54. The molecule has 0 aliphatic carbocycles. The van der Waals surface area contributed by atoms with Crippen LogP contribution in [0, 0.1) is 0 Å². The van der Waals surface area contributed by atoms with Crippen LogP contribution in [0.3, 0.4) is 0 Å². The summed E-state index contributed by atoms with van der Waals surface area (Å²) in [6.45, 7) is 3.90. The highest BCUT2D eigenvalue weighted by Gasteiger charge is 2.11. The SMILES string of the molecule is CC(C)c1ncc(-n2cc(Br)cn2)c(CO)n1. The van der Waals surface area contributed by atoms with Gasteiger partial charge in [0.05, 0.1) is 29.2 Å². The van der Waals surface area contributed by atoms with Crippen LogP contribution in [0.25, 0.3) is 5.69 Å². The predicted molar refractivity (Wildman–Crippen MR) is 66.9 cm³/mol. The highest BCUT2D eigenvalue weighted by Crippen LogP contribution is 2.17. The molecule has 0 fully saturated rings. The van der Waals surface area contributed by atoms with Gasteiger partial charge in [0.25, 0.3) is 0 Å². The fourth-order valence-electron chi connectivity index (χ4n) is 1.44. The maximum atomic E-state index is 9.35. The largest absolute Gasteiger partial charge is 0.390 e. The van der Waals surface area contributed by atoms with Gasteiger partial charge in [-0.25, -0.2) is 14.6 Å². The van der Waals surface area contributed by atoms with E-state index in [0.29, 0.717) is 11.4 Å². The van der Waals surface area contributed by atoms with Crippen molar-refractivity contribution in [1.82, 2.24) is 19.7 Å². The molecule has 2 aromatic heterocycles. The van der Waals surface area contributed by atoms with Crippen molar-refractivity contribution in [3.8, 4) is 5.69 Å². The van der Waals surface area contributed by atoms with E-state index in [1.807, 2.05) is 13.8 Å². The second-order valence-electron chi connectivity index (χ2n) is 3.98. The minimum Gasteiger partial charge on any atom is -0.390 e. The Morgan fingerprint density at radius 1 is 1.41 bits per heavy atom. The van der Waals surface area contributed by atoms with Crippen LogP contribution in [0.2, 0.25) is 0 Å². The zero-order valence-electron chi connectivity index (χ0n) is 9.63. The third-order valence-corrected chi connectivity index (χ3v) is 2.74. The first-order valence-corrected chi connectivity index (χ1v) is 6.08. The van der Waals surface area contributed by atoms with Crippen molar-refractivity contribution < 1.29 is 5.11 Å². The topological polar surface area (TPSA) is 63.8 Å². The van der Waals surface area contributed by atoms with Gasteiger partial charge in [-0.2, -0.15) is 5.10 Å². The predicted octanol–water partition coefficient (Wildman–Crippen LogP) is 2.04. The molecule has 0 amide bonds. The monoisotopic (exact) mass is 296 g/mol. The molecule has 17 heavy (non-hydrogen) atoms. The minimum atomic E-state index is -0.130. The minimum absolute atomic E-state index is 0.130. The molecule has 6 heteroatoms. The molecule has 0 spiro atoms. The lowest BCUT2D eigenvalue weighted by Gasteiger charge is -2.09. The van der Waals surface area contributed by atoms with Gasteiger partial charge in [0, 0.05) is 12.1 Å². The van der Waals surface area contributed by atoms with Gasteiger partial charge in [0.1, 0.15) is 11.5 Å². The van der Waals surface area contributed by atoms with Crippen molar-refractivity contribution in [2.24, 2.45) is 0 Å². The lowest BCUT2D eigenvalue weighted by Crippen LogP contribution is -2.08. The Morgan fingerprint density at radius 2 is 2.18 bits per heavy atom. The lowest BCUT2D eigenvalue weighted by atomic mass is 10.2. The molecule has 0 atom stereocenters. The number of aromatic nitrogens is 4. The number of hydrogen-bond donors (Lipinski definition) is 1. The molecule has 0 saturated carbocycles. The first-order chi connectivity index (χ1) is 8.11. The molecule has 2 rings (SSSR count).